The van der Waals surface area contributed by atoms with Gasteiger partial charge in [0.2, 0.25) is 0 Å². The maximum absolute atomic E-state index is 3.53. The largest absolute Gasteiger partial charge is 0.316 e. The molecule has 0 aliphatic carbocycles. The molecule has 1 atom stereocenters. The van der Waals surface area contributed by atoms with Gasteiger partial charge in [-0.2, -0.15) is 0 Å². The van der Waals surface area contributed by atoms with Gasteiger partial charge in [-0.15, -0.1) is 12.4 Å². The molecule has 108 valence electrons. The minimum atomic E-state index is 0. The van der Waals surface area contributed by atoms with E-state index >= 15 is 0 Å². The van der Waals surface area contributed by atoms with Gasteiger partial charge in [0.1, 0.15) is 0 Å². The SMILES string of the molecule is CN(C)CC1CCN(CC2CCCNC2)CC1.Cl. The summed E-state index contributed by atoms with van der Waals surface area (Å²) < 4.78 is 0. The molecular weight excluding hydrogens is 246 g/mol. The topological polar surface area (TPSA) is 18.5 Å². The van der Waals surface area contributed by atoms with Crippen molar-refractivity contribution in [1.82, 2.24) is 15.1 Å². The highest BCUT2D eigenvalue weighted by Gasteiger charge is 2.22. The van der Waals surface area contributed by atoms with E-state index in [0.29, 0.717) is 0 Å². The third kappa shape index (κ3) is 5.43. The number of rotatable bonds is 4. The van der Waals surface area contributed by atoms with Crippen molar-refractivity contribution in [3.8, 4) is 0 Å². The fourth-order valence-electron chi connectivity index (χ4n) is 3.31. The number of halogens is 1. The van der Waals surface area contributed by atoms with Crippen molar-refractivity contribution in [3.05, 3.63) is 0 Å². The zero-order chi connectivity index (χ0) is 12.1. The fourth-order valence-corrected chi connectivity index (χ4v) is 3.31. The van der Waals surface area contributed by atoms with Crippen LogP contribution in [0.3, 0.4) is 0 Å². The second-order valence-corrected chi connectivity index (χ2v) is 6.22. The van der Waals surface area contributed by atoms with Crippen molar-refractivity contribution < 1.29 is 0 Å². The summed E-state index contributed by atoms with van der Waals surface area (Å²) in [5, 5.41) is 3.53. The molecule has 0 radical (unpaired) electrons. The summed E-state index contributed by atoms with van der Waals surface area (Å²) in [6, 6.07) is 0. The molecule has 0 amide bonds. The van der Waals surface area contributed by atoms with E-state index in [1.165, 1.54) is 65.0 Å². The Bertz CT molecular complexity index is 209. The molecule has 2 aliphatic rings. The molecular formula is C14H30ClN3. The van der Waals surface area contributed by atoms with Crippen LogP contribution in [0.4, 0.5) is 0 Å². The molecule has 0 aromatic rings. The van der Waals surface area contributed by atoms with Gasteiger partial charge in [0.15, 0.2) is 0 Å². The van der Waals surface area contributed by atoms with Crippen LogP contribution < -0.4 is 5.32 Å². The molecule has 2 rings (SSSR count). The van der Waals surface area contributed by atoms with Gasteiger partial charge in [-0.1, -0.05) is 0 Å². The van der Waals surface area contributed by atoms with Gasteiger partial charge < -0.3 is 15.1 Å². The molecule has 0 aromatic carbocycles. The van der Waals surface area contributed by atoms with Crippen molar-refractivity contribution in [1.29, 1.82) is 0 Å². The molecule has 0 aromatic heterocycles. The van der Waals surface area contributed by atoms with Gasteiger partial charge in [0.05, 0.1) is 0 Å². The molecule has 0 saturated carbocycles. The first-order valence-corrected chi connectivity index (χ1v) is 7.32. The summed E-state index contributed by atoms with van der Waals surface area (Å²) in [7, 11) is 4.39. The molecule has 2 aliphatic heterocycles. The monoisotopic (exact) mass is 275 g/mol. The summed E-state index contributed by atoms with van der Waals surface area (Å²) in [5.41, 5.74) is 0. The van der Waals surface area contributed by atoms with E-state index in [9.17, 15) is 0 Å². The number of hydrogen-bond acceptors (Lipinski definition) is 3. The summed E-state index contributed by atoms with van der Waals surface area (Å²) in [5.74, 6) is 1.85. The minimum Gasteiger partial charge on any atom is -0.316 e. The van der Waals surface area contributed by atoms with Gasteiger partial charge in [-0.05, 0) is 77.8 Å². The molecule has 2 fully saturated rings. The first-order valence-electron chi connectivity index (χ1n) is 7.32. The zero-order valence-corrected chi connectivity index (χ0v) is 12.8. The van der Waals surface area contributed by atoms with Crippen LogP contribution in [-0.2, 0) is 0 Å². The van der Waals surface area contributed by atoms with Gasteiger partial charge in [-0.25, -0.2) is 0 Å². The minimum absolute atomic E-state index is 0. The van der Waals surface area contributed by atoms with Gasteiger partial charge in [0, 0.05) is 13.1 Å². The first-order chi connectivity index (χ1) is 8.24. The van der Waals surface area contributed by atoms with E-state index < -0.39 is 0 Å². The van der Waals surface area contributed by atoms with E-state index in [-0.39, 0.29) is 12.4 Å². The Labute approximate surface area is 119 Å². The molecule has 1 N–H and O–H groups in total. The first kappa shape index (κ1) is 16.2. The molecule has 3 nitrogen and oxygen atoms in total. The summed E-state index contributed by atoms with van der Waals surface area (Å²) in [4.78, 5) is 5.04. The van der Waals surface area contributed by atoms with Crippen LogP contribution in [0, 0.1) is 11.8 Å². The summed E-state index contributed by atoms with van der Waals surface area (Å²) >= 11 is 0. The molecule has 0 spiro atoms. The highest BCUT2D eigenvalue weighted by Crippen LogP contribution is 2.20. The lowest BCUT2D eigenvalue weighted by Gasteiger charge is -2.36. The van der Waals surface area contributed by atoms with Crippen molar-refractivity contribution in [2.24, 2.45) is 11.8 Å². The van der Waals surface area contributed by atoms with Gasteiger partial charge in [-0.3, -0.25) is 0 Å². The van der Waals surface area contributed by atoms with Crippen LogP contribution in [0.1, 0.15) is 25.7 Å². The van der Waals surface area contributed by atoms with Crippen LogP contribution in [0.15, 0.2) is 0 Å². The zero-order valence-electron chi connectivity index (χ0n) is 12.0. The second kappa shape index (κ2) is 8.36. The average Bonchev–Trinajstić information content (AvgIpc) is 2.32. The number of piperidine rings is 2. The quantitative estimate of drug-likeness (QED) is 0.842. The molecule has 18 heavy (non-hydrogen) atoms. The van der Waals surface area contributed by atoms with Crippen molar-refractivity contribution in [2.45, 2.75) is 25.7 Å². The maximum atomic E-state index is 3.53. The number of hydrogen-bond donors (Lipinski definition) is 1. The van der Waals surface area contributed by atoms with E-state index in [2.05, 4.69) is 29.2 Å². The van der Waals surface area contributed by atoms with Gasteiger partial charge in [0.25, 0.3) is 0 Å². The third-order valence-electron chi connectivity index (χ3n) is 4.25. The van der Waals surface area contributed by atoms with Gasteiger partial charge >= 0.3 is 0 Å². The van der Waals surface area contributed by atoms with Crippen molar-refractivity contribution in [3.63, 3.8) is 0 Å². The lowest BCUT2D eigenvalue weighted by molar-refractivity contribution is 0.136. The third-order valence-corrected chi connectivity index (χ3v) is 4.25. The summed E-state index contributed by atoms with van der Waals surface area (Å²) in [6.07, 6.45) is 5.61. The fraction of sp³-hybridized carbons (Fsp3) is 1.00. The predicted octanol–water partition coefficient (Wildman–Crippen LogP) is 1.68. The lowest BCUT2D eigenvalue weighted by atomic mass is 9.94. The average molecular weight is 276 g/mol. The predicted molar refractivity (Wildman–Crippen MR) is 80.6 cm³/mol. The van der Waals surface area contributed by atoms with Crippen molar-refractivity contribution >= 4 is 12.4 Å². The van der Waals surface area contributed by atoms with Crippen LogP contribution in [-0.4, -0.2) is 63.2 Å². The van der Waals surface area contributed by atoms with E-state index in [1.54, 1.807) is 0 Å². The lowest BCUT2D eigenvalue weighted by Crippen LogP contribution is -2.42. The van der Waals surface area contributed by atoms with Crippen molar-refractivity contribution in [2.75, 3.05) is 53.4 Å². The Morgan fingerprint density at radius 2 is 1.83 bits per heavy atom. The standard InChI is InChI=1S/C14H29N3.ClH/c1-16(2)11-13-5-8-17(9-6-13)12-14-4-3-7-15-10-14;/h13-15H,3-12H2,1-2H3;1H. The number of nitrogens with one attached hydrogen (secondary N) is 1. The number of likely N-dealkylation sites (tertiary alicyclic amines) is 1. The highest BCUT2D eigenvalue weighted by molar-refractivity contribution is 5.85. The normalized spacial score (nSPS) is 27.2. The Morgan fingerprint density at radius 3 is 2.39 bits per heavy atom. The van der Waals surface area contributed by atoms with Crippen LogP contribution >= 0.6 is 12.4 Å². The van der Waals surface area contributed by atoms with Crippen LogP contribution in [0.2, 0.25) is 0 Å². The number of nitrogens with zero attached hydrogens (tertiary/aromatic N) is 2. The summed E-state index contributed by atoms with van der Waals surface area (Å²) in [6.45, 7) is 7.75. The molecule has 2 saturated heterocycles. The Balaban J connectivity index is 0.00000162. The Hall–Kier alpha value is 0.170. The molecule has 1 unspecified atom stereocenters. The highest BCUT2D eigenvalue weighted by atomic mass is 35.5. The smallest absolute Gasteiger partial charge is 0.00218 e. The van der Waals surface area contributed by atoms with E-state index in [0.717, 1.165) is 11.8 Å². The molecule has 0 bridgehead atoms. The molecule has 2 heterocycles. The Kier molecular flexibility index (Phi) is 7.54. The van der Waals surface area contributed by atoms with E-state index in [4.69, 9.17) is 0 Å². The second-order valence-electron chi connectivity index (χ2n) is 6.22. The van der Waals surface area contributed by atoms with E-state index in [1.807, 2.05) is 0 Å². The molecule has 4 heteroatoms. The van der Waals surface area contributed by atoms with Crippen LogP contribution in [0.5, 0.6) is 0 Å². The maximum Gasteiger partial charge on any atom is 0.00218 e. The Morgan fingerprint density at radius 1 is 1.11 bits per heavy atom. The van der Waals surface area contributed by atoms with Crippen LogP contribution in [0.25, 0.3) is 0 Å².